The molecule has 0 saturated carbocycles. The molecular formula is C23H27ClN2O2. The second kappa shape index (κ2) is 9.76. The van der Waals surface area contributed by atoms with Crippen LogP contribution in [0.5, 0.6) is 5.75 Å². The molecule has 0 bridgehead atoms. The van der Waals surface area contributed by atoms with Crippen LogP contribution in [0.1, 0.15) is 42.6 Å². The molecule has 5 heteroatoms. The first-order chi connectivity index (χ1) is 13.6. The summed E-state index contributed by atoms with van der Waals surface area (Å²) in [6, 6.07) is 12.5. The number of halogens is 1. The maximum Gasteiger partial charge on any atom is 0.343 e. The average molecular weight is 399 g/mol. The summed E-state index contributed by atoms with van der Waals surface area (Å²) in [6.45, 7) is 7.63. The summed E-state index contributed by atoms with van der Waals surface area (Å²) < 4.78 is 5.74. The molecule has 1 aromatic heterocycles. The second-order valence-corrected chi connectivity index (χ2v) is 7.42. The highest BCUT2D eigenvalue weighted by Gasteiger charge is 2.15. The molecule has 2 aromatic carbocycles. The molecule has 0 aliphatic carbocycles. The Bertz CT molecular complexity index is 912. The first-order valence-electron chi connectivity index (χ1n) is 9.91. The predicted molar refractivity (Wildman–Crippen MR) is 115 cm³/mol. The summed E-state index contributed by atoms with van der Waals surface area (Å²) in [5.41, 5.74) is 2.64. The fourth-order valence-electron chi connectivity index (χ4n) is 3.49. The van der Waals surface area contributed by atoms with Crippen molar-refractivity contribution in [1.82, 2.24) is 9.88 Å². The van der Waals surface area contributed by atoms with Crippen LogP contribution in [0.3, 0.4) is 0 Å². The van der Waals surface area contributed by atoms with E-state index in [0.717, 1.165) is 49.8 Å². The summed E-state index contributed by atoms with van der Waals surface area (Å²) in [4.78, 5) is 18.4. The Labute approximate surface area is 171 Å². The number of rotatable bonds is 9. The molecule has 0 unspecified atom stereocenters. The molecule has 148 valence electrons. The van der Waals surface area contributed by atoms with Crippen LogP contribution in [0.25, 0.3) is 10.9 Å². The van der Waals surface area contributed by atoms with Gasteiger partial charge in [0.2, 0.25) is 0 Å². The van der Waals surface area contributed by atoms with E-state index >= 15 is 0 Å². The van der Waals surface area contributed by atoms with Crippen molar-refractivity contribution < 1.29 is 9.53 Å². The van der Waals surface area contributed by atoms with Gasteiger partial charge in [0.15, 0.2) is 0 Å². The average Bonchev–Trinajstić information content (AvgIpc) is 3.11. The monoisotopic (exact) mass is 398 g/mol. The highest BCUT2D eigenvalue weighted by atomic mass is 35.5. The number of ether oxygens (including phenoxy) is 1. The van der Waals surface area contributed by atoms with Gasteiger partial charge in [0.1, 0.15) is 5.75 Å². The minimum atomic E-state index is -0.380. The number of aromatic nitrogens is 1. The quantitative estimate of drug-likeness (QED) is 0.371. The van der Waals surface area contributed by atoms with Gasteiger partial charge in [-0.3, -0.25) is 0 Å². The smallest absolute Gasteiger partial charge is 0.343 e. The van der Waals surface area contributed by atoms with Gasteiger partial charge in [-0.1, -0.05) is 31.5 Å². The number of hydrogen-bond acceptors (Lipinski definition) is 3. The van der Waals surface area contributed by atoms with Crippen molar-refractivity contribution in [3.63, 3.8) is 0 Å². The van der Waals surface area contributed by atoms with E-state index in [4.69, 9.17) is 16.3 Å². The van der Waals surface area contributed by atoms with E-state index in [1.54, 1.807) is 24.3 Å². The van der Waals surface area contributed by atoms with E-state index in [1.165, 1.54) is 5.56 Å². The molecule has 0 atom stereocenters. The normalized spacial score (nSPS) is 11.3. The second-order valence-electron chi connectivity index (χ2n) is 6.98. The standard InChI is InChI=1S/C23H27ClN2O2/c1-3-13-26(14-4-2)15-12-18-16-25-20-6-5-7-21(22(18)20)28-23(27)17-8-10-19(24)11-9-17/h5-11,16,25H,3-4,12-15H2,1-2H3. The van der Waals surface area contributed by atoms with Crippen LogP contribution in [-0.4, -0.2) is 35.5 Å². The molecule has 3 rings (SSSR count). The molecule has 0 saturated heterocycles. The van der Waals surface area contributed by atoms with Crippen molar-refractivity contribution in [3.05, 3.63) is 64.8 Å². The molecule has 0 aliphatic rings. The first kappa shape index (κ1) is 20.4. The van der Waals surface area contributed by atoms with Gasteiger partial charge in [0, 0.05) is 28.7 Å². The SMILES string of the molecule is CCCN(CCC)CCc1c[nH]c2cccc(OC(=O)c3ccc(Cl)cc3)c12. The summed E-state index contributed by atoms with van der Waals surface area (Å²) in [5, 5.41) is 1.58. The number of H-pyrrole nitrogens is 1. The van der Waals surface area contributed by atoms with Crippen LogP contribution in [-0.2, 0) is 6.42 Å². The van der Waals surface area contributed by atoms with Crippen molar-refractivity contribution in [2.45, 2.75) is 33.1 Å². The predicted octanol–water partition coefficient (Wildman–Crippen LogP) is 5.71. The van der Waals surface area contributed by atoms with Crippen LogP contribution >= 0.6 is 11.6 Å². The highest BCUT2D eigenvalue weighted by molar-refractivity contribution is 6.30. The first-order valence-corrected chi connectivity index (χ1v) is 10.3. The Kier molecular flexibility index (Phi) is 7.12. The van der Waals surface area contributed by atoms with E-state index in [1.807, 2.05) is 24.4 Å². The van der Waals surface area contributed by atoms with E-state index in [9.17, 15) is 4.79 Å². The Hall–Kier alpha value is -2.30. The zero-order chi connectivity index (χ0) is 19.9. The maximum absolute atomic E-state index is 12.6. The van der Waals surface area contributed by atoms with Crippen molar-refractivity contribution in [2.75, 3.05) is 19.6 Å². The number of benzene rings is 2. The number of fused-ring (bicyclic) bond motifs is 1. The summed E-state index contributed by atoms with van der Waals surface area (Å²) in [7, 11) is 0. The van der Waals surface area contributed by atoms with Gasteiger partial charge in [-0.15, -0.1) is 0 Å². The number of aromatic amines is 1. The highest BCUT2D eigenvalue weighted by Crippen LogP contribution is 2.30. The lowest BCUT2D eigenvalue weighted by Crippen LogP contribution is -2.27. The topological polar surface area (TPSA) is 45.3 Å². The number of nitrogens with zero attached hydrogens (tertiary/aromatic N) is 1. The molecule has 0 spiro atoms. The number of nitrogens with one attached hydrogen (secondary N) is 1. The van der Waals surface area contributed by atoms with Gasteiger partial charge in [0.05, 0.1) is 5.56 Å². The van der Waals surface area contributed by atoms with E-state index in [-0.39, 0.29) is 5.97 Å². The van der Waals surface area contributed by atoms with Crippen molar-refractivity contribution in [2.24, 2.45) is 0 Å². The van der Waals surface area contributed by atoms with Gasteiger partial charge in [0.25, 0.3) is 0 Å². The van der Waals surface area contributed by atoms with Crippen LogP contribution in [0.15, 0.2) is 48.7 Å². The number of esters is 1. The zero-order valence-electron chi connectivity index (χ0n) is 16.5. The Morgan fingerprint density at radius 3 is 2.43 bits per heavy atom. The van der Waals surface area contributed by atoms with Crippen LogP contribution in [0.2, 0.25) is 5.02 Å². The van der Waals surface area contributed by atoms with E-state index in [2.05, 4.69) is 23.7 Å². The largest absolute Gasteiger partial charge is 0.422 e. The lowest BCUT2D eigenvalue weighted by atomic mass is 10.1. The third-order valence-electron chi connectivity index (χ3n) is 4.81. The fraction of sp³-hybridized carbons (Fsp3) is 0.348. The Morgan fingerprint density at radius 2 is 1.75 bits per heavy atom. The third kappa shape index (κ3) is 4.94. The Balaban J connectivity index is 1.80. The minimum absolute atomic E-state index is 0.380. The van der Waals surface area contributed by atoms with Crippen LogP contribution in [0, 0.1) is 0 Å². The van der Waals surface area contributed by atoms with Crippen molar-refractivity contribution in [1.29, 1.82) is 0 Å². The summed E-state index contributed by atoms with van der Waals surface area (Å²) in [6.07, 6.45) is 5.24. The van der Waals surface area contributed by atoms with Gasteiger partial charge in [-0.05, 0) is 74.3 Å². The molecule has 0 amide bonds. The van der Waals surface area contributed by atoms with Crippen LogP contribution in [0.4, 0.5) is 0 Å². The summed E-state index contributed by atoms with van der Waals surface area (Å²) in [5.74, 6) is 0.209. The molecule has 1 N–H and O–H groups in total. The molecule has 1 heterocycles. The number of hydrogen-bond donors (Lipinski definition) is 1. The maximum atomic E-state index is 12.6. The molecule has 3 aromatic rings. The lowest BCUT2D eigenvalue weighted by Gasteiger charge is -2.20. The van der Waals surface area contributed by atoms with Gasteiger partial charge < -0.3 is 14.6 Å². The fourth-order valence-corrected chi connectivity index (χ4v) is 3.62. The van der Waals surface area contributed by atoms with Gasteiger partial charge >= 0.3 is 5.97 Å². The zero-order valence-corrected chi connectivity index (χ0v) is 17.3. The van der Waals surface area contributed by atoms with Gasteiger partial charge in [-0.25, -0.2) is 4.79 Å². The summed E-state index contributed by atoms with van der Waals surface area (Å²) >= 11 is 5.91. The number of carbonyl (C=O) groups excluding carboxylic acids is 1. The molecule has 28 heavy (non-hydrogen) atoms. The molecule has 0 radical (unpaired) electrons. The lowest BCUT2D eigenvalue weighted by molar-refractivity contribution is 0.0737. The molecule has 0 fully saturated rings. The molecular weight excluding hydrogens is 372 g/mol. The van der Waals surface area contributed by atoms with Crippen molar-refractivity contribution in [3.8, 4) is 5.75 Å². The van der Waals surface area contributed by atoms with E-state index in [0.29, 0.717) is 16.3 Å². The molecule has 0 aliphatic heterocycles. The van der Waals surface area contributed by atoms with Crippen molar-refractivity contribution >= 4 is 28.5 Å². The minimum Gasteiger partial charge on any atom is -0.422 e. The van der Waals surface area contributed by atoms with E-state index < -0.39 is 0 Å². The molecule has 4 nitrogen and oxygen atoms in total. The third-order valence-corrected chi connectivity index (χ3v) is 5.06. The van der Waals surface area contributed by atoms with Crippen LogP contribution < -0.4 is 4.74 Å². The van der Waals surface area contributed by atoms with Gasteiger partial charge in [-0.2, -0.15) is 0 Å². The number of carbonyl (C=O) groups is 1. The Morgan fingerprint density at radius 1 is 1.04 bits per heavy atom.